The summed E-state index contributed by atoms with van der Waals surface area (Å²) < 4.78 is 4.96. The molecule has 1 aliphatic heterocycles. The lowest BCUT2D eigenvalue weighted by Gasteiger charge is -2.22. The van der Waals surface area contributed by atoms with Crippen LogP contribution in [0.5, 0.6) is 0 Å². The molecule has 0 saturated carbocycles. The first-order valence-electron chi connectivity index (χ1n) is 5.12. The van der Waals surface area contributed by atoms with Crippen molar-refractivity contribution in [2.75, 3.05) is 18.4 Å². The lowest BCUT2D eigenvalue weighted by molar-refractivity contribution is 0.398. The van der Waals surface area contributed by atoms with E-state index < -0.39 is 0 Å². The van der Waals surface area contributed by atoms with Crippen LogP contribution < -0.4 is 10.6 Å². The van der Waals surface area contributed by atoms with Crippen LogP contribution in [0, 0.1) is 6.92 Å². The third-order valence-corrected chi connectivity index (χ3v) is 2.44. The fraction of sp³-hybridized carbons (Fsp3) is 0.778. The predicted molar refractivity (Wildman–Crippen MR) is 53.2 cm³/mol. The van der Waals surface area contributed by atoms with Gasteiger partial charge in [0.1, 0.15) is 0 Å². The first kappa shape index (κ1) is 9.45. The summed E-state index contributed by atoms with van der Waals surface area (Å²) in [6.45, 7) is 3.80. The van der Waals surface area contributed by atoms with E-state index in [2.05, 4.69) is 20.8 Å². The SMILES string of the molecule is Cc1noc(NCC2CCCCN2)n1. The minimum atomic E-state index is 0.523. The molecule has 1 aliphatic rings. The normalized spacial score (nSPS) is 22.2. The standard InChI is InChI=1S/C9H16N4O/c1-7-12-9(14-13-7)11-6-8-4-2-3-5-10-8/h8,10H,2-6H2,1H3,(H,11,12,13). The Morgan fingerprint density at radius 2 is 2.50 bits per heavy atom. The summed E-state index contributed by atoms with van der Waals surface area (Å²) in [5.74, 6) is 0.670. The second-order valence-electron chi connectivity index (χ2n) is 3.67. The van der Waals surface area contributed by atoms with E-state index in [0.29, 0.717) is 17.9 Å². The summed E-state index contributed by atoms with van der Waals surface area (Å²) >= 11 is 0. The fourth-order valence-electron chi connectivity index (χ4n) is 1.68. The summed E-state index contributed by atoms with van der Waals surface area (Å²) in [5, 5.41) is 10.3. The third-order valence-electron chi connectivity index (χ3n) is 2.44. The molecule has 78 valence electrons. The third kappa shape index (κ3) is 2.45. The van der Waals surface area contributed by atoms with Crippen molar-refractivity contribution in [1.82, 2.24) is 15.5 Å². The monoisotopic (exact) mass is 196 g/mol. The molecule has 1 atom stereocenters. The molecule has 0 bridgehead atoms. The van der Waals surface area contributed by atoms with Crippen molar-refractivity contribution in [3.63, 3.8) is 0 Å². The van der Waals surface area contributed by atoms with Gasteiger partial charge < -0.3 is 15.2 Å². The first-order chi connectivity index (χ1) is 6.84. The van der Waals surface area contributed by atoms with Gasteiger partial charge in [-0.2, -0.15) is 4.98 Å². The van der Waals surface area contributed by atoms with E-state index in [-0.39, 0.29) is 0 Å². The highest BCUT2D eigenvalue weighted by atomic mass is 16.5. The molecular formula is C9H16N4O. The molecule has 1 saturated heterocycles. The van der Waals surface area contributed by atoms with Crippen molar-refractivity contribution in [1.29, 1.82) is 0 Å². The first-order valence-corrected chi connectivity index (χ1v) is 5.12. The number of piperidine rings is 1. The van der Waals surface area contributed by atoms with Gasteiger partial charge in [0.2, 0.25) is 0 Å². The van der Waals surface area contributed by atoms with E-state index in [1.54, 1.807) is 0 Å². The van der Waals surface area contributed by atoms with Crippen LogP contribution in [0.15, 0.2) is 4.52 Å². The Balaban J connectivity index is 1.76. The van der Waals surface area contributed by atoms with Crippen LogP contribution in [0.2, 0.25) is 0 Å². The molecule has 1 unspecified atom stereocenters. The average molecular weight is 196 g/mol. The molecular weight excluding hydrogens is 180 g/mol. The van der Waals surface area contributed by atoms with Crippen molar-refractivity contribution in [2.45, 2.75) is 32.2 Å². The fourth-order valence-corrected chi connectivity index (χ4v) is 1.68. The molecule has 2 heterocycles. The van der Waals surface area contributed by atoms with Crippen molar-refractivity contribution in [2.24, 2.45) is 0 Å². The topological polar surface area (TPSA) is 63.0 Å². The highest BCUT2D eigenvalue weighted by Gasteiger charge is 2.12. The maximum atomic E-state index is 4.96. The lowest BCUT2D eigenvalue weighted by Crippen LogP contribution is -2.39. The zero-order chi connectivity index (χ0) is 9.80. The molecule has 0 radical (unpaired) electrons. The summed E-state index contributed by atoms with van der Waals surface area (Å²) in [4.78, 5) is 4.08. The van der Waals surface area contributed by atoms with Gasteiger partial charge in [0.05, 0.1) is 0 Å². The minimum absolute atomic E-state index is 0.523. The van der Waals surface area contributed by atoms with E-state index >= 15 is 0 Å². The molecule has 0 aliphatic carbocycles. The molecule has 0 spiro atoms. The van der Waals surface area contributed by atoms with E-state index in [9.17, 15) is 0 Å². The van der Waals surface area contributed by atoms with E-state index in [0.717, 1.165) is 13.1 Å². The Morgan fingerprint density at radius 3 is 3.14 bits per heavy atom. The maximum Gasteiger partial charge on any atom is 0.321 e. The Hall–Kier alpha value is -1.10. The molecule has 5 nitrogen and oxygen atoms in total. The molecule has 1 aromatic rings. The smallest absolute Gasteiger partial charge is 0.321 e. The number of aromatic nitrogens is 2. The van der Waals surface area contributed by atoms with Gasteiger partial charge in [-0.3, -0.25) is 0 Å². The molecule has 2 rings (SSSR count). The van der Waals surface area contributed by atoms with Crippen molar-refractivity contribution in [3.8, 4) is 0 Å². The van der Waals surface area contributed by atoms with Crippen LogP contribution in [0.3, 0.4) is 0 Å². The number of nitrogens with one attached hydrogen (secondary N) is 2. The Kier molecular flexibility index (Phi) is 2.98. The van der Waals surface area contributed by atoms with Crippen LogP contribution in [0.4, 0.5) is 6.01 Å². The average Bonchev–Trinajstić information content (AvgIpc) is 2.63. The summed E-state index contributed by atoms with van der Waals surface area (Å²) in [7, 11) is 0. The van der Waals surface area contributed by atoms with Gasteiger partial charge in [-0.05, 0) is 26.3 Å². The van der Waals surface area contributed by atoms with E-state index in [1.807, 2.05) is 6.92 Å². The van der Waals surface area contributed by atoms with Gasteiger partial charge >= 0.3 is 6.01 Å². The summed E-state index contributed by atoms with van der Waals surface area (Å²) in [6.07, 6.45) is 3.82. The molecule has 2 N–H and O–H groups in total. The molecule has 0 aromatic carbocycles. The molecule has 1 fully saturated rings. The number of rotatable bonds is 3. The van der Waals surface area contributed by atoms with Gasteiger partial charge in [0, 0.05) is 12.6 Å². The van der Waals surface area contributed by atoms with E-state index in [1.165, 1.54) is 19.3 Å². The Morgan fingerprint density at radius 1 is 1.57 bits per heavy atom. The van der Waals surface area contributed by atoms with Crippen molar-refractivity contribution >= 4 is 6.01 Å². The van der Waals surface area contributed by atoms with Crippen molar-refractivity contribution in [3.05, 3.63) is 5.82 Å². The molecule has 0 amide bonds. The van der Waals surface area contributed by atoms with Crippen LogP contribution in [0.1, 0.15) is 25.1 Å². The Bertz CT molecular complexity index is 280. The lowest BCUT2D eigenvalue weighted by atomic mass is 10.1. The quantitative estimate of drug-likeness (QED) is 0.753. The molecule has 1 aromatic heterocycles. The predicted octanol–water partition coefficient (Wildman–Crippen LogP) is 0.932. The van der Waals surface area contributed by atoms with E-state index in [4.69, 9.17) is 4.52 Å². The van der Waals surface area contributed by atoms with Crippen LogP contribution in [0.25, 0.3) is 0 Å². The van der Waals surface area contributed by atoms with Gasteiger partial charge in [0.25, 0.3) is 0 Å². The number of hydrogen-bond acceptors (Lipinski definition) is 5. The summed E-state index contributed by atoms with van der Waals surface area (Å²) in [6, 6.07) is 1.06. The van der Waals surface area contributed by atoms with Gasteiger partial charge in [-0.25, -0.2) is 0 Å². The highest BCUT2D eigenvalue weighted by molar-refractivity contribution is 5.18. The van der Waals surface area contributed by atoms with Crippen LogP contribution >= 0.6 is 0 Å². The zero-order valence-electron chi connectivity index (χ0n) is 8.42. The summed E-state index contributed by atoms with van der Waals surface area (Å²) in [5.41, 5.74) is 0. The highest BCUT2D eigenvalue weighted by Crippen LogP contribution is 2.08. The number of anilines is 1. The number of nitrogens with zero attached hydrogens (tertiary/aromatic N) is 2. The Labute approximate surface area is 83.3 Å². The second-order valence-corrected chi connectivity index (χ2v) is 3.67. The number of aryl methyl sites for hydroxylation is 1. The van der Waals surface area contributed by atoms with Gasteiger partial charge in [0.15, 0.2) is 5.82 Å². The largest absolute Gasteiger partial charge is 0.336 e. The van der Waals surface area contributed by atoms with Gasteiger partial charge in [-0.1, -0.05) is 11.6 Å². The molecule has 5 heteroatoms. The second kappa shape index (κ2) is 4.41. The minimum Gasteiger partial charge on any atom is -0.336 e. The van der Waals surface area contributed by atoms with Crippen LogP contribution in [-0.4, -0.2) is 29.3 Å². The maximum absolute atomic E-state index is 4.96. The number of hydrogen-bond donors (Lipinski definition) is 2. The van der Waals surface area contributed by atoms with Gasteiger partial charge in [-0.15, -0.1) is 0 Å². The molecule has 14 heavy (non-hydrogen) atoms. The van der Waals surface area contributed by atoms with Crippen molar-refractivity contribution < 1.29 is 4.52 Å². The van der Waals surface area contributed by atoms with Crippen LogP contribution in [-0.2, 0) is 0 Å². The zero-order valence-corrected chi connectivity index (χ0v) is 8.42.